The Morgan fingerprint density at radius 1 is 0.889 bits per heavy atom. The zero-order chi connectivity index (χ0) is 25.7. The van der Waals surface area contributed by atoms with E-state index < -0.39 is 27.1 Å². The van der Waals surface area contributed by atoms with E-state index in [1.54, 1.807) is 36.4 Å². The Balaban J connectivity index is 1.44. The molecule has 0 bridgehead atoms. The summed E-state index contributed by atoms with van der Waals surface area (Å²) < 4.78 is 10.9. The van der Waals surface area contributed by atoms with Crippen LogP contribution in [-0.2, 0) is 0 Å². The van der Waals surface area contributed by atoms with E-state index in [1.165, 1.54) is 19.4 Å². The summed E-state index contributed by atoms with van der Waals surface area (Å²) in [4.78, 5) is 33.3. The molecule has 1 amide bonds. The summed E-state index contributed by atoms with van der Waals surface area (Å²) in [6, 6.07) is 20.6. The van der Waals surface area contributed by atoms with Gasteiger partial charge in [-0.25, -0.2) is 5.43 Å². The number of hydrazone groups is 1. The van der Waals surface area contributed by atoms with Gasteiger partial charge in [0.15, 0.2) is 0 Å². The zero-order valence-electron chi connectivity index (χ0n) is 18.8. The number of hydrogen-bond acceptors (Lipinski definition) is 8. The van der Waals surface area contributed by atoms with Crippen LogP contribution in [0.1, 0.15) is 15.9 Å². The molecule has 0 aliphatic rings. The fourth-order valence-electron chi connectivity index (χ4n) is 3.39. The van der Waals surface area contributed by atoms with Crippen molar-refractivity contribution < 1.29 is 24.1 Å². The second-order valence-electron chi connectivity index (χ2n) is 7.44. The summed E-state index contributed by atoms with van der Waals surface area (Å²) in [5.74, 6) is 0.111. The van der Waals surface area contributed by atoms with Crippen LogP contribution < -0.4 is 14.9 Å². The third kappa shape index (κ3) is 5.25. The van der Waals surface area contributed by atoms with Crippen LogP contribution in [0.15, 0.2) is 84.0 Å². The molecule has 0 saturated carbocycles. The van der Waals surface area contributed by atoms with Crippen molar-refractivity contribution in [2.75, 3.05) is 7.11 Å². The van der Waals surface area contributed by atoms with Gasteiger partial charge in [0.2, 0.25) is 5.75 Å². The highest BCUT2D eigenvalue weighted by Crippen LogP contribution is 2.34. The summed E-state index contributed by atoms with van der Waals surface area (Å²) >= 11 is 0. The third-order valence-corrected chi connectivity index (χ3v) is 5.15. The summed E-state index contributed by atoms with van der Waals surface area (Å²) in [7, 11) is 1.49. The topological polar surface area (TPSA) is 146 Å². The molecule has 1 N–H and O–H groups in total. The molecule has 0 atom stereocenters. The molecule has 0 fully saturated rings. The first-order valence-electron chi connectivity index (χ1n) is 10.5. The van der Waals surface area contributed by atoms with Gasteiger partial charge in [-0.1, -0.05) is 24.3 Å². The number of ether oxygens (including phenoxy) is 2. The molecular formula is C25H18N4O7. The van der Waals surface area contributed by atoms with Gasteiger partial charge in [0, 0.05) is 6.07 Å². The number of benzene rings is 4. The molecule has 36 heavy (non-hydrogen) atoms. The molecule has 0 aliphatic heterocycles. The van der Waals surface area contributed by atoms with Gasteiger partial charge in [-0.15, -0.1) is 0 Å². The minimum Gasteiger partial charge on any atom is -0.496 e. The standard InChI is InChI=1S/C25H18N4O7/c1-35-24-13-18-5-3-2-4-17(18)12-21(24)25(30)27-26-15-16-6-9-20(10-7-16)36-23-11-8-19(28(31)32)14-22(23)29(33)34/h2-15H,1H3,(H,27,30)/b26-15+. The highest BCUT2D eigenvalue weighted by Gasteiger charge is 2.21. The first-order valence-corrected chi connectivity index (χ1v) is 10.5. The van der Waals surface area contributed by atoms with Crippen molar-refractivity contribution in [1.29, 1.82) is 0 Å². The Morgan fingerprint density at radius 2 is 1.58 bits per heavy atom. The average molecular weight is 486 g/mol. The predicted octanol–water partition coefficient (Wildman–Crippen LogP) is 5.22. The van der Waals surface area contributed by atoms with Crippen LogP contribution in [0.2, 0.25) is 0 Å². The normalized spacial score (nSPS) is 10.8. The van der Waals surface area contributed by atoms with E-state index in [0.29, 0.717) is 16.9 Å². The van der Waals surface area contributed by atoms with Gasteiger partial charge >= 0.3 is 5.69 Å². The molecule has 0 radical (unpaired) electrons. The Morgan fingerprint density at radius 3 is 2.22 bits per heavy atom. The molecule has 0 saturated heterocycles. The molecule has 4 aromatic carbocycles. The molecular weight excluding hydrogens is 468 g/mol. The van der Waals surface area contributed by atoms with Crippen molar-refractivity contribution >= 4 is 34.3 Å². The zero-order valence-corrected chi connectivity index (χ0v) is 18.8. The van der Waals surface area contributed by atoms with Crippen molar-refractivity contribution in [3.63, 3.8) is 0 Å². The van der Waals surface area contributed by atoms with Crippen molar-refractivity contribution in [2.24, 2.45) is 5.10 Å². The van der Waals surface area contributed by atoms with Crippen molar-refractivity contribution in [3.05, 3.63) is 110 Å². The fourth-order valence-corrected chi connectivity index (χ4v) is 3.39. The number of non-ortho nitro benzene ring substituents is 1. The third-order valence-electron chi connectivity index (χ3n) is 5.15. The molecule has 11 heteroatoms. The lowest BCUT2D eigenvalue weighted by Gasteiger charge is -2.09. The number of methoxy groups -OCH3 is 1. The highest BCUT2D eigenvalue weighted by molar-refractivity contribution is 6.02. The van der Waals surface area contributed by atoms with Crippen LogP contribution in [0.4, 0.5) is 11.4 Å². The molecule has 180 valence electrons. The summed E-state index contributed by atoms with van der Waals surface area (Å²) in [5.41, 5.74) is 2.48. The van der Waals surface area contributed by atoms with Gasteiger partial charge in [-0.3, -0.25) is 25.0 Å². The van der Waals surface area contributed by atoms with Crippen LogP contribution in [-0.4, -0.2) is 29.1 Å². The van der Waals surface area contributed by atoms with Crippen molar-refractivity contribution in [2.45, 2.75) is 0 Å². The van der Waals surface area contributed by atoms with Crippen molar-refractivity contribution in [1.82, 2.24) is 5.43 Å². The van der Waals surface area contributed by atoms with Crippen LogP contribution in [0, 0.1) is 20.2 Å². The quantitative estimate of drug-likeness (QED) is 0.204. The summed E-state index contributed by atoms with van der Waals surface area (Å²) in [6.45, 7) is 0. The number of carbonyl (C=O) groups excluding carboxylic acids is 1. The molecule has 4 aromatic rings. The van der Waals surface area contributed by atoms with E-state index >= 15 is 0 Å². The van der Waals surface area contributed by atoms with Gasteiger partial charge in [-0.05, 0) is 58.8 Å². The van der Waals surface area contributed by atoms with Crippen LogP contribution >= 0.6 is 0 Å². The smallest absolute Gasteiger partial charge is 0.318 e. The average Bonchev–Trinajstić information content (AvgIpc) is 2.88. The number of rotatable bonds is 8. The Hall–Kier alpha value is -5.32. The number of amides is 1. The molecule has 0 aliphatic carbocycles. The number of carbonyl (C=O) groups is 1. The van der Waals surface area contributed by atoms with E-state index in [-0.39, 0.29) is 11.5 Å². The lowest BCUT2D eigenvalue weighted by Crippen LogP contribution is -2.18. The van der Waals surface area contributed by atoms with Gasteiger partial charge in [-0.2, -0.15) is 5.10 Å². The lowest BCUT2D eigenvalue weighted by molar-refractivity contribution is -0.394. The lowest BCUT2D eigenvalue weighted by atomic mass is 10.1. The van der Waals surface area contributed by atoms with Crippen LogP contribution in [0.3, 0.4) is 0 Å². The molecule has 0 heterocycles. The Kier molecular flexibility index (Phi) is 6.82. The van der Waals surface area contributed by atoms with E-state index in [9.17, 15) is 25.0 Å². The van der Waals surface area contributed by atoms with E-state index in [1.807, 2.05) is 24.3 Å². The summed E-state index contributed by atoms with van der Waals surface area (Å²) in [5, 5.41) is 27.9. The molecule has 4 rings (SSSR count). The number of nitro benzene ring substituents is 2. The van der Waals surface area contributed by atoms with Gasteiger partial charge < -0.3 is 9.47 Å². The van der Waals surface area contributed by atoms with Crippen LogP contribution in [0.5, 0.6) is 17.2 Å². The maximum absolute atomic E-state index is 12.6. The minimum absolute atomic E-state index is 0.136. The van der Waals surface area contributed by atoms with Gasteiger partial charge in [0.25, 0.3) is 11.6 Å². The number of nitrogens with one attached hydrogen (secondary N) is 1. The number of hydrogen-bond donors (Lipinski definition) is 1. The van der Waals surface area contributed by atoms with Gasteiger partial charge in [0.1, 0.15) is 11.5 Å². The van der Waals surface area contributed by atoms with Crippen LogP contribution in [0.25, 0.3) is 10.8 Å². The monoisotopic (exact) mass is 486 g/mol. The number of nitro groups is 2. The second kappa shape index (κ2) is 10.3. The largest absolute Gasteiger partial charge is 0.496 e. The Labute approximate surface area is 203 Å². The fraction of sp³-hybridized carbons (Fsp3) is 0.0400. The Bertz CT molecular complexity index is 1500. The van der Waals surface area contributed by atoms with E-state index in [2.05, 4.69) is 10.5 Å². The molecule has 0 spiro atoms. The maximum Gasteiger partial charge on any atom is 0.318 e. The molecule has 11 nitrogen and oxygen atoms in total. The predicted molar refractivity (Wildman–Crippen MR) is 132 cm³/mol. The minimum atomic E-state index is -0.753. The summed E-state index contributed by atoms with van der Waals surface area (Å²) in [6.07, 6.45) is 1.42. The second-order valence-corrected chi connectivity index (χ2v) is 7.44. The first kappa shape index (κ1) is 23.8. The number of nitrogens with zero attached hydrogens (tertiary/aromatic N) is 3. The molecule has 0 unspecified atom stereocenters. The number of fused-ring (bicyclic) bond motifs is 1. The SMILES string of the molecule is COc1cc2ccccc2cc1C(=O)N/N=C/c1ccc(Oc2ccc([N+](=O)[O-])cc2[N+](=O)[O-])cc1. The highest BCUT2D eigenvalue weighted by atomic mass is 16.6. The molecule has 0 aromatic heterocycles. The van der Waals surface area contributed by atoms with Crippen molar-refractivity contribution in [3.8, 4) is 17.2 Å². The van der Waals surface area contributed by atoms with E-state index in [0.717, 1.165) is 22.9 Å². The van der Waals surface area contributed by atoms with Gasteiger partial charge in [0.05, 0.1) is 34.8 Å². The maximum atomic E-state index is 12.6. The van der Waals surface area contributed by atoms with E-state index in [4.69, 9.17) is 9.47 Å². The first-order chi connectivity index (χ1) is 17.4.